The van der Waals surface area contributed by atoms with Crippen LogP contribution in [0.1, 0.15) is 12.8 Å². The van der Waals surface area contributed by atoms with Crippen LogP contribution in [-0.2, 0) is 10.0 Å². The van der Waals surface area contributed by atoms with E-state index in [-0.39, 0.29) is 22.6 Å². The van der Waals surface area contributed by atoms with Gasteiger partial charge in [-0.2, -0.15) is 0 Å². The first-order valence-electron chi connectivity index (χ1n) is 5.54. The van der Waals surface area contributed by atoms with Gasteiger partial charge in [0.05, 0.1) is 0 Å². The summed E-state index contributed by atoms with van der Waals surface area (Å²) in [4.78, 5) is 4.01. The number of anilines is 2. The van der Waals surface area contributed by atoms with Crippen molar-refractivity contribution in [2.45, 2.75) is 18.7 Å². The zero-order valence-electron chi connectivity index (χ0n) is 10.4. The molecule has 102 valence electrons. The molecule has 0 fully saturated rings. The Morgan fingerprint density at radius 1 is 1.37 bits per heavy atom. The Balaban J connectivity index is 2.34. The van der Waals surface area contributed by atoms with Crippen molar-refractivity contribution in [3.63, 3.8) is 0 Å². The van der Waals surface area contributed by atoms with Crippen molar-refractivity contribution < 1.29 is 12.8 Å². The highest BCUT2D eigenvalue weighted by atomic mass is 32.2. The minimum Gasteiger partial charge on any atom is -0.408 e. The fraction of sp³-hybridized carbons (Fsp3) is 0.300. The summed E-state index contributed by atoms with van der Waals surface area (Å²) in [5.74, 6) is 0.546. The van der Waals surface area contributed by atoms with E-state index in [0.717, 1.165) is 0 Å². The van der Waals surface area contributed by atoms with E-state index in [1.54, 1.807) is 6.92 Å². The van der Waals surface area contributed by atoms with Crippen LogP contribution in [0.4, 0.5) is 11.8 Å². The quantitative estimate of drug-likeness (QED) is 0.842. The van der Waals surface area contributed by atoms with Crippen LogP contribution in [0.15, 0.2) is 27.6 Å². The van der Waals surface area contributed by atoms with Gasteiger partial charge in [0.1, 0.15) is 10.7 Å². The predicted molar refractivity (Wildman–Crippen MR) is 68.2 cm³/mol. The Morgan fingerprint density at radius 3 is 2.79 bits per heavy atom. The largest absolute Gasteiger partial charge is 0.408 e. The predicted octanol–water partition coefficient (Wildman–Crippen LogP) is 1.01. The molecule has 0 atom stereocenters. The molecule has 8 nitrogen and oxygen atoms in total. The molecule has 0 radical (unpaired) electrons. The van der Waals surface area contributed by atoms with Gasteiger partial charge in [-0.05, 0) is 19.1 Å². The number of sulfonamides is 1. The fourth-order valence-corrected chi connectivity index (χ4v) is 2.47. The molecule has 0 aliphatic heterocycles. The topological polar surface area (TPSA) is 110 Å². The number of aryl methyl sites for hydroxylation is 1. The third kappa shape index (κ3) is 2.99. The fourth-order valence-electron chi connectivity index (χ4n) is 1.42. The summed E-state index contributed by atoms with van der Waals surface area (Å²) in [6.45, 7) is 3.97. The highest BCUT2D eigenvalue weighted by Gasteiger charge is 2.21. The van der Waals surface area contributed by atoms with E-state index in [1.807, 2.05) is 6.92 Å². The van der Waals surface area contributed by atoms with Gasteiger partial charge in [0.25, 0.3) is 10.0 Å². The first-order valence-corrected chi connectivity index (χ1v) is 7.03. The van der Waals surface area contributed by atoms with Gasteiger partial charge >= 0.3 is 6.01 Å². The lowest BCUT2D eigenvalue weighted by Crippen LogP contribution is -2.16. The molecule has 2 aromatic heterocycles. The Morgan fingerprint density at radius 2 is 2.16 bits per heavy atom. The Hall–Kier alpha value is -2.16. The van der Waals surface area contributed by atoms with Gasteiger partial charge in [-0.15, -0.1) is 5.10 Å². The zero-order chi connectivity index (χ0) is 13.9. The lowest BCUT2D eigenvalue weighted by atomic mass is 10.4. The zero-order valence-corrected chi connectivity index (χ0v) is 11.2. The maximum Gasteiger partial charge on any atom is 0.329 e. The molecular formula is C10H13N5O3S. The van der Waals surface area contributed by atoms with Crippen LogP contribution in [0.2, 0.25) is 0 Å². The third-order valence-electron chi connectivity index (χ3n) is 2.15. The van der Waals surface area contributed by atoms with E-state index in [2.05, 4.69) is 25.2 Å². The summed E-state index contributed by atoms with van der Waals surface area (Å²) in [6.07, 6.45) is 1.51. The van der Waals surface area contributed by atoms with Crippen molar-refractivity contribution in [3.8, 4) is 0 Å². The van der Waals surface area contributed by atoms with Crippen molar-refractivity contribution in [1.82, 2.24) is 15.2 Å². The van der Waals surface area contributed by atoms with Crippen molar-refractivity contribution in [2.24, 2.45) is 0 Å². The molecule has 9 heteroatoms. The van der Waals surface area contributed by atoms with E-state index < -0.39 is 10.0 Å². The number of pyridine rings is 1. The molecule has 0 aliphatic carbocycles. The molecule has 0 saturated carbocycles. The molecule has 0 saturated heterocycles. The molecule has 2 heterocycles. The molecule has 0 aliphatic rings. The van der Waals surface area contributed by atoms with Crippen LogP contribution < -0.4 is 10.0 Å². The summed E-state index contributed by atoms with van der Waals surface area (Å²) in [7, 11) is -3.82. The van der Waals surface area contributed by atoms with Crippen molar-refractivity contribution in [3.05, 3.63) is 24.2 Å². The second kappa shape index (κ2) is 5.22. The Kier molecular flexibility index (Phi) is 3.65. The molecule has 0 aromatic carbocycles. The lowest BCUT2D eigenvalue weighted by molar-refractivity contribution is 0.534. The lowest BCUT2D eigenvalue weighted by Gasteiger charge is -2.09. The molecule has 2 aromatic rings. The second-order valence-corrected chi connectivity index (χ2v) is 5.26. The van der Waals surface area contributed by atoms with Crippen LogP contribution in [0.3, 0.4) is 0 Å². The van der Waals surface area contributed by atoms with Crippen LogP contribution in [0, 0.1) is 6.92 Å². The molecule has 0 unspecified atom stereocenters. The Labute approximate surface area is 110 Å². The molecule has 2 N–H and O–H groups in total. The first-order chi connectivity index (χ1) is 9.03. The molecule has 19 heavy (non-hydrogen) atoms. The summed E-state index contributed by atoms with van der Waals surface area (Å²) >= 11 is 0. The van der Waals surface area contributed by atoms with Crippen molar-refractivity contribution >= 4 is 21.9 Å². The summed E-state index contributed by atoms with van der Waals surface area (Å²) < 4.78 is 31.6. The van der Waals surface area contributed by atoms with Crippen LogP contribution >= 0.6 is 0 Å². The van der Waals surface area contributed by atoms with Crippen molar-refractivity contribution in [1.29, 1.82) is 0 Å². The molecule has 0 amide bonds. The first kappa shape index (κ1) is 13.3. The second-order valence-electron chi connectivity index (χ2n) is 3.61. The highest BCUT2D eigenvalue weighted by molar-refractivity contribution is 7.92. The van der Waals surface area contributed by atoms with Gasteiger partial charge in [0.2, 0.25) is 5.89 Å². The minimum atomic E-state index is -3.82. The van der Waals surface area contributed by atoms with Crippen molar-refractivity contribution in [2.75, 3.05) is 16.6 Å². The smallest absolute Gasteiger partial charge is 0.329 e. The van der Waals surface area contributed by atoms with Gasteiger partial charge in [0, 0.05) is 19.7 Å². The van der Waals surface area contributed by atoms with E-state index in [9.17, 15) is 8.42 Å². The highest BCUT2D eigenvalue weighted by Crippen LogP contribution is 2.20. The summed E-state index contributed by atoms with van der Waals surface area (Å²) in [6, 6.07) is 2.80. The van der Waals surface area contributed by atoms with Crippen LogP contribution in [0.5, 0.6) is 0 Å². The van der Waals surface area contributed by atoms with Crippen LogP contribution in [-0.4, -0.2) is 30.1 Å². The normalized spacial score (nSPS) is 11.3. The molecular weight excluding hydrogens is 270 g/mol. The maximum atomic E-state index is 12.2. The standard InChI is InChI=1S/C10H13N5O3S/c1-3-11-9-8(5-4-6-12-9)19(16,17)15-10-14-13-7(2)18-10/h4-6H,3H2,1-2H3,(H,11,12)(H,14,15). The monoisotopic (exact) mass is 283 g/mol. The van der Waals surface area contributed by atoms with Gasteiger partial charge in [-0.1, -0.05) is 5.10 Å². The molecule has 0 bridgehead atoms. The number of aromatic nitrogens is 3. The van der Waals surface area contributed by atoms with Crippen LogP contribution in [0.25, 0.3) is 0 Å². The van der Waals surface area contributed by atoms with Gasteiger partial charge < -0.3 is 9.73 Å². The third-order valence-corrected chi connectivity index (χ3v) is 3.50. The van der Waals surface area contributed by atoms with E-state index in [4.69, 9.17) is 4.42 Å². The maximum absolute atomic E-state index is 12.2. The SMILES string of the molecule is CCNc1ncccc1S(=O)(=O)Nc1nnc(C)o1. The Bertz CT molecular complexity index is 667. The number of nitrogens with zero attached hydrogens (tertiary/aromatic N) is 3. The van der Waals surface area contributed by atoms with E-state index >= 15 is 0 Å². The number of rotatable bonds is 5. The summed E-state index contributed by atoms with van der Waals surface area (Å²) in [5, 5.41) is 10.0. The number of hydrogen-bond donors (Lipinski definition) is 2. The van der Waals surface area contributed by atoms with E-state index in [0.29, 0.717) is 6.54 Å². The average Bonchev–Trinajstić information content (AvgIpc) is 2.75. The number of nitrogens with one attached hydrogen (secondary N) is 2. The average molecular weight is 283 g/mol. The van der Waals surface area contributed by atoms with E-state index in [1.165, 1.54) is 18.3 Å². The molecule has 0 spiro atoms. The molecule has 2 rings (SSSR count). The summed E-state index contributed by atoms with van der Waals surface area (Å²) in [5.41, 5.74) is 0. The number of hydrogen-bond acceptors (Lipinski definition) is 7. The minimum absolute atomic E-state index is 0.0210. The van der Waals surface area contributed by atoms with Gasteiger partial charge in [-0.3, -0.25) is 0 Å². The van der Waals surface area contributed by atoms with Gasteiger partial charge in [0.15, 0.2) is 0 Å². The van der Waals surface area contributed by atoms with Gasteiger partial charge in [-0.25, -0.2) is 18.1 Å².